The van der Waals surface area contributed by atoms with E-state index in [1.54, 1.807) is 6.07 Å². The minimum absolute atomic E-state index is 0.134. The van der Waals surface area contributed by atoms with Crippen LogP contribution in [0, 0.1) is 11.6 Å². The lowest BCUT2D eigenvalue weighted by Crippen LogP contribution is -2.43. The number of halogens is 2. The van der Waals surface area contributed by atoms with Crippen LogP contribution in [0.15, 0.2) is 54.7 Å². The molecule has 1 saturated heterocycles. The second kappa shape index (κ2) is 7.45. The quantitative estimate of drug-likeness (QED) is 0.731. The topological polar surface area (TPSA) is 39.6 Å². The molecule has 1 fully saturated rings. The van der Waals surface area contributed by atoms with E-state index in [1.165, 1.54) is 17.8 Å². The maximum atomic E-state index is 14.1. The van der Waals surface area contributed by atoms with Crippen molar-refractivity contribution in [1.82, 2.24) is 9.88 Å². The first kappa shape index (κ1) is 18.8. The Morgan fingerprint density at radius 3 is 2.75 bits per heavy atom. The van der Waals surface area contributed by atoms with E-state index < -0.39 is 17.2 Å². The first-order valence-electron chi connectivity index (χ1n) is 9.37. The molecule has 4 nitrogen and oxygen atoms in total. The van der Waals surface area contributed by atoms with Gasteiger partial charge < -0.3 is 10.0 Å². The molecular weight excluding hydrogens is 360 g/mol. The van der Waals surface area contributed by atoms with E-state index in [-0.39, 0.29) is 5.52 Å². The van der Waals surface area contributed by atoms with E-state index in [0.717, 1.165) is 19.2 Å². The van der Waals surface area contributed by atoms with E-state index in [4.69, 9.17) is 0 Å². The van der Waals surface area contributed by atoms with Gasteiger partial charge in [0.25, 0.3) is 0 Å². The van der Waals surface area contributed by atoms with Gasteiger partial charge in [-0.3, -0.25) is 9.88 Å². The van der Waals surface area contributed by atoms with Crippen molar-refractivity contribution in [2.45, 2.75) is 18.6 Å². The van der Waals surface area contributed by atoms with Gasteiger partial charge in [-0.2, -0.15) is 0 Å². The molecule has 2 heterocycles. The van der Waals surface area contributed by atoms with Crippen molar-refractivity contribution < 1.29 is 13.9 Å². The van der Waals surface area contributed by atoms with Gasteiger partial charge in [-0.25, -0.2) is 8.78 Å². The summed E-state index contributed by atoms with van der Waals surface area (Å²) in [5.74, 6) is -1.32. The molecule has 0 radical (unpaired) electrons. The summed E-state index contributed by atoms with van der Waals surface area (Å²) < 4.78 is 27.8. The number of pyridine rings is 1. The van der Waals surface area contributed by atoms with Crippen LogP contribution < -0.4 is 4.90 Å². The van der Waals surface area contributed by atoms with Gasteiger partial charge in [0.05, 0.1) is 5.60 Å². The number of likely N-dealkylation sites (N-methyl/N-ethyl adjacent to an activating group) is 1. The molecule has 0 spiro atoms. The van der Waals surface area contributed by atoms with E-state index in [1.807, 2.05) is 30.1 Å². The van der Waals surface area contributed by atoms with Crippen molar-refractivity contribution in [3.05, 3.63) is 71.9 Å². The van der Waals surface area contributed by atoms with Gasteiger partial charge in [-0.1, -0.05) is 30.3 Å². The Morgan fingerprint density at radius 2 is 1.96 bits per heavy atom. The zero-order chi connectivity index (χ0) is 19.7. The molecule has 0 saturated carbocycles. The van der Waals surface area contributed by atoms with Crippen LogP contribution in [0.25, 0.3) is 10.9 Å². The van der Waals surface area contributed by atoms with E-state index in [2.05, 4.69) is 22.0 Å². The molecule has 6 heteroatoms. The molecule has 0 bridgehead atoms. The number of aliphatic hydroxyl groups is 1. The highest BCUT2D eigenvalue weighted by Crippen LogP contribution is 2.30. The molecule has 1 aliphatic heterocycles. The molecule has 1 atom stereocenters. The van der Waals surface area contributed by atoms with Gasteiger partial charge in [-0.15, -0.1) is 0 Å². The number of hydrogen-bond donors (Lipinski definition) is 1. The third kappa shape index (κ3) is 3.84. The lowest BCUT2D eigenvalue weighted by Gasteiger charge is -2.31. The Bertz CT molecular complexity index is 982. The minimum atomic E-state index is -0.884. The fourth-order valence-corrected chi connectivity index (χ4v) is 4.07. The van der Waals surface area contributed by atoms with E-state index in [0.29, 0.717) is 30.6 Å². The lowest BCUT2D eigenvalue weighted by molar-refractivity contribution is 0.0563. The van der Waals surface area contributed by atoms with Crippen LogP contribution in [-0.4, -0.2) is 47.3 Å². The number of hydrogen-bond acceptors (Lipinski definition) is 4. The molecular formula is C22H23F2N3O. The van der Waals surface area contributed by atoms with Crippen molar-refractivity contribution in [3.63, 3.8) is 0 Å². The smallest absolute Gasteiger partial charge is 0.152 e. The van der Waals surface area contributed by atoms with Gasteiger partial charge in [-0.05, 0) is 24.1 Å². The summed E-state index contributed by atoms with van der Waals surface area (Å²) in [6.45, 7) is 2.52. The van der Waals surface area contributed by atoms with Crippen LogP contribution in [0.3, 0.4) is 0 Å². The Balaban J connectivity index is 1.51. The van der Waals surface area contributed by atoms with Crippen molar-refractivity contribution in [1.29, 1.82) is 0 Å². The van der Waals surface area contributed by atoms with Gasteiger partial charge in [0.2, 0.25) is 0 Å². The molecule has 1 N–H and O–H groups in total. The zero-order valence-electron chi connectivity index (χ0n) is 15.8. The summed E-state index contributed by atoms with van der Waals surface area (Å²) >= 11 is 0. The number of anilines is 1. The predicted molar refractivity (Wildman–Crippen MR) is 106 cm³/mol. The highest BCUT2D eigenvalue weighted by atomic mass is 19.1. The van der Waals surface area contributed by atoms with Gasteiger partial charge in [0, 0.05) is 56.6 Å². The van der Waals surface area contributed by atoms with Crippen molar-refractivity contribution in [3.8, 4) is 0 Å². The minimum Gasteiger partial charge on any atom is -0.387 e. The summed E-state index contributed by atoms with van der Waals surface area (Å²) in [5.41, 5.74) is 1.12. The Labute approximate surface area is 163 Å². The molecule has 146 valence electrons. The Hall–Kier alpha value is -2.57. The molecule has 1 aromatic heterocycles. The Kier molecular flexibility index (Phi) is 5.00. The van der Waals surface area contributed by atoms with Gasteiger partial charge >= 0.3 is 0 Å². The highest BCUT2D eigenvalue weighted by molar-refractivity contribution is 5.91. The normalized spacial score (nSPS) is 20.0. The van der Waals surface area contributed by atoms with E-state index in [9.17, 15) is 13.9 Å². The first-order valence-corrected chi connectivity index (χ1v) is 9.37. The number of nitrogens with zero attached hydrogens (tertiary/aromatic N) is 3. The van der Waals surface area contributed by atoms with Crippen LogP contribution >= 0.6 is 0 Å². The SMILES string of the molecule is CN(CC1(O)CCN(Cc2ccccc2)C1)c1ccnc2c(F)cc(F)cc12. The maximum absolute atomic E-state index is 14.1. The van der Waals surface area contributed by atoms with Crippen molar-refractivity contribution in [2.24, 2.45) is 0 Å². The largest absolute Gasteiger partial charge is 0.387 e. The summed E-state index contributed by atoms with van der Waals surface area (Å²) in [6.07, 6.45) is 2.16. The summed E-state index contributed by atoms with van der Waals surface area (Å²) in [4.78, 5) is 8.12. The molecule has 0 aliphatic carbocycles. The fourth-order valence-electron chi connectivity index (χ4n) is 4.07. The fraction of sp³-hybridized carbons (Fsp3) is 0.318. The summed E-state index contributed by atoms with van der Waals surface area (Å²) in [6, 6.07) is 14.0. The number of benzene rings is 2. The summed E-state index contributed by atoms with van der Waals surface area (Å²) in [5, 5.41) is 11.5. The van der Waals surface area contributed by atoms with Crippen LogP contribution in [0.5, 0.6) is 0 Å². The molecule has 28 heavy (non-hydrogen) atoms. The monoisotopic (exact) mass is 383 g/mol. The molecule has 2 aromatic carbocycles. The first-order chi connectivity index (χ1) is 13.4. The van der Waals surface area contributed by atoms with Gasteiger partial charge in [0.15, 0.2) is 5.82 Å². The standard InChI is InChI=1S/C22H23F2N3O/c1-26(20-7-9-25-21-18(20)11-17(23)12-19(21)24)14-22(28)8-10-27(15-22)13-16-5-3-2-4-6-16/h2-7,9,11-12,28H,8,10,13-15H2,1H3. The van der Waals surface area contributed by atoms with Crippen LogP contribution in [0.4, 0.5) is 14.5 Å². The number of rotatable bonds is 5. The van der Waals surface area contributed by atoms with Crippen molar-refractivity contribution in [2.75, 3.05) is 31.6 Å². The van der Waals surface area contributed by atoms with Crippen LogP contribution in [-0.2, 0) is 6.54 Å². The van der Waals surface area contributed by atoms with Crippen LogP contribution in [0.1, 0.15) is 12.0 Å². The van der Waals surface area contributed by atoms with Gasteiger partial charge in [0.1, 0.15) is 11.3 Å². The van der Waals surface area contributed by atoms with Crippen molar-refractivity contribution >= 4 is 16.6 Å². The second-order valence-corrected chi connectivity index (χ2v) is 7.64. The Morgan fingerprint density at radius 1 is 1.18 bits per heavy atom. The zero-order valence-corrected chi connectivity index (χ0v) is 15.8. The third-order valence-corrected chi connectivity index (χ3v) is 5.34. The molecule has 4 rings (SSSR count). The lowest BCUT2D eigenvalue weighted by atomic mass is 10.0. The maximum Gasteiger partial charge on any atom is 0.152 e. The number of likely N-dealkylation sites (tertiary alicyclic amines) is 1. The molecule has 1 aliphatic rings. The number of aromatic nitrogens is 1. The molecule has 0 amide bonds. The predicted octanol–water partition coefficient (Wildman–Crippen LogP) is 3.59. The third-order valence-electron chi connectivity index (χ3n) is 5.34. The highest BCUT2D eigenvalue weighted by Gasteiger charge is 2.37. The molecule has 1 unspecified atom stereocenters. The average molecular weight is 383 g/mol. The second-order valence-electron chi connectivity index (χ2n) is 7.64. The van der Waals surface area contributed by atoms with E-state index >= 15 is 0 Å². The number of fused-ring (bicyclic) bond motifs is 1. The van der Waals surface area contributed by atoms with Crippen LogP contribution in [0.2, 0.25) is 0 Å². The average Bonchev–Trinajstić information content (AvgIpc) is 3.02. The molecule has 3 aromatic rings. The number of β-amino-alcohol motifs (C(OH)–C–C–N with tert-alkyl or cyclic N) is 1. The summed E-state index contributed by atoms with van der Waals surface area (Å²) in [7, 11) is 1.83.